The lowest BCUT2D eigenvalue weighted by atomic mass is 10.0. The van der Waals surface area contributed by atoms with E-state index >= 15 is 0 Å². The minimum Gasteiger partial charge on any atom is -0.508 e. The molecule has 3 nitrogen and oxygen atoms in total. The molecular formula is C13H18O3. The lowest BCUT2D eigenvalue weighted by molar-refractivity contribution is -0.120. The zero-order chi connectivity index (χ0) is 11.8. The van der Waals surface area contributed by atoms with E-state index in [1.54, 1.807) is 18.2 Å². The number of hydrogen-bond acceptors (Lipinski definition) is 3. The summed E-state index contributed by atoms with van der Waals surface area (Å²) in [5, 5.41) is 9.68. The molecule has 0 aliphatic heterocycles. The summed E-state index contributed by atoms with van der Waals surface area (Å²) in [6, 6.07) is 4.99. The number of aromatic hydroxyl groups is 1. The van der Waals surface area contributed by atoms with Gasteiger partial charge in [-0.05, 0) is 25.0 Å². The zero-order valence-electron chi connectivity index (χ0n) is 9.61. The molecule has 1 rings (SSSR count). The van der Waals surface area contributed by atoms with Gasteiger partial charge in [0, 0.05) is 5.56 Å². The van der Waals surface area contributed by atoms with Crippen molar-refractivity contribution in [1.82, 2.24) is 0 Å². The Morgan fingerprint density at radius 2 is 2.12 bits per heavy atom. The first-order valence-electron chi connectivity index (χ1n) is 5.70. The van der Waals surface area contributed by atoms with Crippen LogP contribution in [-0.4, -0.2) is 11.6 Å². The van der Waals surface area contributed by atoms with Crippen molar-refractivity contribution in [1.29, 1.82) is 0 Å². The first-order valence-corrected chi connectivity index (χ1v) is 5.70. The molecule has 0 spiro atoms. The Balaban J connectivity index is 2.64. The second-order valence-corrected chi connectivity index (χ2v) is 3.78. The van der Waals surface area contributed by atoms with Gasteiger partial charge in [-0.2, -0.15) is 0 Å². The van der Waals surface area contributed by atoms with Gasteiger partial charge < -0.3 is 9.84 Å². The highest BCUT2D eigenvalue weighted by molar-refractivity contribution is 5.51. The van der Waals surface area contributed by atoms with Crippen LogP contribution < -0.4 is 4.74 Å². The molecule has 3 heteroatoms. The average molecular weight is 222 g/mol. The second-order valence-electron chi connectivity index (χ2n) is 3.78. The van der Waals surface area contributed by atoms with Crippen LogP contribution in [-0.2, 0) is 11.2 Å². The van der Waals surface area contributed by atoms with E-state index in [9.17, 15) is 9.90 Å². The van der Waals surface area contributed by atoms with Gasteiger partial charge in [-0.25, -0.2) is 0 Å². The van der Waals surface area contributed by atoms with E-state index in [2.05, 4.69) is 6.92 Å². The van der Waals surface area contributed by atoms with Crippen molar-refractivity contribution in [2.45, 2.75) is 39.0 Å². The maximum atomic E-state index is 10.3. The van der Waals surface area contributed by atoms with Gasteiger partial charge in [-0.3, -0.25) is 4.79 Å². The maximum absolute atomic E-state index is 10.3. The summed E-state index contributed by atoms with van der Waals surface area (Å²) in [6.07, 6.45) is 5.25. The molecule has 0 bridgehead atoms. The highest BCUT2D eigenvalue weighted by atomic mass is 16.5. The largest absolute Gasteiger partial charge is 0.508 e. The molecule has 88 valence electrons. The molecule has 0 saturated heterocycles. The van der Waals surface area contributed by atoms with Crippen LogP contribution in [0.1, 0.15) is 38.2 Å². The average Bonchev–Trinajstić information content (AvgIpc) is 2.28. The van der Waals surface area contributed by atoms with Crippen LogP contribution in [0.25, 0.3) is 0 Å². The molecule has 1 N–H and O–H groups in total. The summed E-state index contributed by atoms with van der Waals surface area (Å²) in [5.41, 5.74) is 0.728. The van der Waals surface area contributed by atoms with Gasteiger partial charge in [-0.1, -0.05) is 32.3 Å². The van der Waals surface area contributed by atoms with Crippen molar-refractivity contribution in [2.75, 3.05) is 0 Å². The van der Waals surface area contributed by atoms with Crippen LogP contribution in [0.5, 0.6) is 11.5 Å². The number of hydrogen-bond donors (Lipinski definition) is 1. The second kappa shape index (κ2) is 6.88. The van der Waals surface area contributed by atoms with E-state index in [4.69, 9.17) is 4.74 Å². The fraction of sp³-hybridized carbons (Fsp3) is 0.462. The standard InChI is InChI=1S/C13H18O3/c1-2-3-4-5-7-11-12(15)8-6-9-13(11)16-10-14/h6,8-10,15H,2-5,7H2,1H3. The van der Waals surface area contributed by atoms with Crippen molar-refractivity contribution in [3.63, 3.8) is 0 Å². The SMILES string of the molecule is CCCCCCc1c(O)cccc1OC=O. The topological polar surface area (TPSA) is 46.5 Å². The van der Waals surface area contributed by atoms with Gasteiger partial charge in [0.1, 0.15) is 11.5 Å². The molecule has 0 heterocycles. The number of benzene rings is 1. The quantitative estimate of drug-likeness (QED) is 0.569. The van der Waals surface area contributed by atoms with Gasteiger partial charge in [-0.15, -0.1) is 0 Å². The third-order valence-corrected chi connectivity index (χ3v) is 2.56. The molecule has 0 fully saturated rings. The van der Waals surface area contributed by atoms with Crippen molar-refractivity contribution < 1.29 is 14.6 Å². The molecule has 0 radical (unpaired) electrons. The molecule has 16 heavy (non-hydrogen) atoms. The summed E-state index contributed by atoms with van der Waals surface area (Å²) in [5.74, 6) is 0.669. The van der Waals surface area contributed by atoms with E-state index in [1.165, 1.54) is 12.8 Å². The number of carbonyl (C=O) groups is 1. The molecule has 0 aromatic heterocycles. The van der Waals surface area contributed by atoms with Crippen LogP contribution in [0.4, 0.5) is 0 Å². The Kier molecular flexibility index (Phi) is 5.40. The summed E-state index contributed by atoms with van der Waals surface area (Å²) < 4.78 is 4.83. The first kappa shape index (κ1) is 12.6. The number of phenols is 1. The minimum atomic E-state index is 0.204. The van der Waals surface area contributed by atoms with Gasteiger partial charge in [0.2, 0.25) is 0 Å². The van der Waals surface area contributed by atoms with Crippen molar-refractivity contribution in [3.05, 3.63) is 23.8 Å². The molecule has 0 aliphatic rings. The van der Waals surface area contributed by atoms with Gasteiger partial charge in [0.25, 0.3) is 6.47 Å². The van der Waals surface area contributed by atoms with Crippen molar-refractivity contribution in [3.8, 4) is 11.5 Å². The molecule has 0 amide bonds. The third kappa shape index (κ3) is 3.57. The molecule has 0 aliphatic carbocycles. The highest BCUT2D eigenvalue weighted by Gasteiger charge is 2.08. The Morgan fingerprint density at radius 3 is 2.81 bits per heavy atom. The van der Waals surface area contributed by atoms with E-state index < -0.39 is 0 Å². The van der Waals surface area contributed by atoms with E-state index in [0.29, 0.717) is 12.2 Å². The Hall–Kier alpha value is -1.51. The Morgan fingerprint density at radius 1 is 1.31 bits per heavy atom. The van der Waals surface area contributed by atoms with Gasteiger partial charge in [0.15, 0.2) is 0 Å². The molecule has 1 aromatic rings. The first-order chi connectivity index (χ1) is 7.79. The Labute approximate surface area is 96.1 Å². The number of rotatable bonds is 7. The summed E-state index contributed by atoms with van der Waals surface area (Å²) in [7, 11) is 0. The number of carbonyl (C=O) groups excluding carboxylic acids is 1. The highest BCUT2D eigenvalue weighted by Crippen LogP contribution is 2.28. The maximum Gasteiger partial charge on any atom is 0.298 e. The molecule has 0 atom stereocenters. The number of phenolic OH excluding ortho intramolecular Hbond substituents is 1. The molecule has 0 unspecified atom stereocenters. The fourth-order valence-electron chi connectivity index (χ4n) is 1.70. The molecule has 1 aromatic carbocycles. The molecular weight excluding hydrogens is 204 g/mol. The van der Waals surface area contributed by atoms with E-state index in [1.807, 2.05) is 0 Å². The summed E-state index contributed by atoms with van der Waals surface area (Å²) in [6.45, 7) is 2.55. The van der Waals surface area contributed by atoms with Crippen LogP contribution in [0.15, 0.2) is 18.2 Å². The number of unbranched alkanes of at least 4 members (excludes halogenated alkanes) is 3. The van der Waals surface area contributed by atoms with Crippen molar-refractivity contribution in [2.24, 2.45) is 0 Å². The van der Waals surface area contributed by atoms with Crippen LogP contribution in [0.2, 0.25) is 0 Å². The van der Waals surface area contributed by atoms with E-state index in [0.717, 1.165) is 24.8 Å². The minimum absolute atomic E-state index is 0.204. The predicted octanol–water partition coefficient (Wildman–Crippen LogP) is 3.05. The molecule has 0 saturated carbocycles. The Bertz CT molecular complexity index is 334. The third-order valence-electron chi connectivity index (χ3n) is 2.56. The van der Waals surface area contributed by atoms with E-state index in [-0.39, 0.29) is 5.75 Å². The van der Waals surface area contributed by atoms with Crippen LogP contribution >= 0.6 is 0 Å². The lowest BCUT2D eigenvalue weighted by Gasteiger charge is -2.08. The smallest absolute Gasteiger partial charge is 0.298 e. The summed E-state index contributed by atoms with van der Waals surface area (Å²) >= 11 is 0. The monoisotopic (exact) mass is 222 g/mol. The fourth-order valence-corrected chi connectivity index (χ4v) is 1.70. The lowest BCUT2D eigenvalue weighted by Crippen LogP contribution is -1.95. The van der Waals surface area contributed by atoms with Crippen molar-refractivity contribution >= 4 is 6.47 Å². The normalized spacial score (nSPS) is 10.1. The van der Waals surface area contributed by atoms with Crippen LogP contribution in [0.3, 0.4) is 0 Å². The number of ether oxygens (including phenoxy) is 1. The zero-order valence-corrected chi connectivity index (χ0v) is 9.61. The van der Waals surface area contributed by atoms with Gasteiger partial charge >= 0.3 is 0 Å². The predicted molar refractivity (Wildman–Crippen MR) is 62.6 cm³/mol. The summed E-state index contributed by atoms with van der Waals surface area (Å²) in [4.78, 5) is 10.3. The van der Waals surface area contributed by atoms with Gasteiger partial charge in [0.05, 0.1) is 0 Å². The van der Waals surface area contributed by atoms with Crippen LogP contribution in [0, 0.1) is 0 Å².